The molecule has 0 spiro atoms. The molecule has 0 aliphatic carbocycles. The van der Waals surface area contributed by atoms with Crippen molar-refractivity contribution in [2.45, 2.75) is 19.4 Å². The molecule has 3 amide bonds. The van der Waals surface area contributed by atoms with Crippen LogP contribution in [0.1, 0.15) is 30.6 Å². The molecule has 2 heterocycles. The van der Waals surface area contributed by atoms with Gasteiger partial charge in [0.15, 0.2) is 0 Å². The van der Waals surface area contributed by atoms with Gasteiger partial charge in [0.25, 0.3) is 17.7 Å². The van der Waals surface area contributed by atoms with E-state index in [9.17, 15) is 14.4 Å². The number of thiazole rings is 1. The molecular weight excluding hydrogens is 468 g/mol. The average molecular weight is 491 g/mol. The summed E-state index contributed by atoms with van der Waals surface area (Å²) in [7, 11) is 0. The standard InChI is InChI=1S/C25H22N4O3S2/c1-16-21(34-25(26-16)18-11-6-3-7-12-18)24(32)29-28-22(30)19(15-17-9-4-2-5-10-17)27-23(31)20-13-8-14-33-20/h2-14,19H,15H2,1H3,(H,27,31)(H,28,30)(H,29,32)/t19-/m0/s1. The Bertz CT molecular complexity index is 1270. The second-order valence-corrected chi connectivity index (χ2v) is 9.38. The maximum absolute atomic E-state index is 13.0. The van der Waals surface area contributed by atoms with Gasteiger partial charge < -0.3 is 5.32 Å². The van der Waals surface area contributed by atoms with Crippen LogP contribution < -0.4 is 16.2 Å². The van der Waals surface area contributed by atoms with Crippen molar-refractivity contribution in [1.29, 1.82) is 0 Å². The molecule has 7 nitrogen and oxygen atoms in total. The quantitative estimate of drug-likeness (QED) is 0.341. The van der Waals surface area contributed by atoms with Gasteiger partial charge in [-0.05, 0) is 23.9 Å². The summed E-state index contributed by atoms with van der Waals surface area (Å²) in [4.78, 5) is 43.7. The number of hydrogen-bond donors (Lipinski definition) is 3. The Morgan fingerprint density at radius 2 is 1.59 bits per heavy atom. The Labute approximate surface area is 204 Å². The summed E-state index contributed by atoms with van der Waals surface area (Å²) in [6, 6.07) is 21.5. The first kappa shape index (κ1) is 23.3. The van der Waals surface area contributed by atoms with Crippen LogP contribution in [0.4, 0.5) is 0 Å². The van der Waals surface area contributed by atoms with Crippen LogP contribution in [0.3, 0.4) is 0 Å². The highest BCUT2D eigenvalue weighted by atomic mass is 32.1. The lowest BCUT2D eigenvalue weighted by Crippen LogP contribution is -2.53. The maximum atomic E-state index is 13.0. The summed E-state index contributed by atoms with van der Waals surface area (Å²) in [5.74, 6) is -1.33. The van der Waals surface area contributed by atoms with E-state index < -0.39 is 17.9 Å². The molecule has 9 heteroatoms. The van der Waals surface area contributed by atoms with Gasteiger partial charge in [0.1, 0.15) is 15.9 Å². The number of thiophene rings is 1. The topological polar surface area (TPSA) is 100 Å². The Kier molecular flexibility index (Phi) is 7.46. The first-order chi connectivity index (χ1) is 16.5. The van der Waals surface area contributed by atoms with Gasteiger partial charge in [-0.1, -0.05) is 66.7 Å². The first-order valence-electron chi connectivity index (χ1n) is 10.5. The Morgan fingerprint density at radius 3 is 2.26 bits per heavy atom. The van der Waals surface area contributed by atoms with Crippen molar-refractivity contribution in [3.63, 3.8) is 0 Å². The van der Waals surface area contributed by atoms with E-state index in [1.54, 1.807) is 24.4 Å². The Balaban J connectivity index is 1.44. The molecule has 0 saturated heterocycles. The third kappa shape index (κ3) is 5.75. The number of carbonyl (C=O) groups is 3. The zero-order valence-electron chi connectivity index (χ0n) is 18.3. The Morgan fingerprint density at radius 1 is 0.882 bits per heavy atom. The van der Waals surface area contributed by atoms with Crippen LogP contribution in [0, 0.1) is 6.92 Å². The molecule has 4 rings (SSSR count). The van der Waals surface area contributed by atoms with Crippen LogP contribution in [0.2, 0.25) is 0 Å². The summed E-state index contributed by atoms with van der Waals surface area (Å²) < 4.78 is 0. The van der Waals surface area contributed by atoms with Gasteiger partial charge >= 0.3 is 0 Å². The van der Waals surface area contributed by atoms with Crippen molar-refractivity contribution >= 4 is 40.4 Å². The Hall–Kier alpha value is -3.82. The van der Waals surface area contributed by atoms with E-state index in [2.05, 4.69) is 21.2 Å². The minimum absolute atomic E-state index is 0.275. The summed E-state index contributed by atoms with van der Waals surface area (Å²) in [6.45, 7) is 1.75. The lowest BCUT2D eigenvalue weighted by atomic mass is 10.1. The third-order valence-corrected chi connectivity index (χ3v) is 7.05. The summed E-state index contributed by atoms with van der Waals surface area (Å²) >= 11 is 2.54. The van der Waals surface area contributed by atoms with Gasteiger partial charge in [-0.15, -0.1) is 22.7 Å². The van der Waals surface area contributed by atoms with Crippen molar-refractivity contribution in [2.24, 2.45) is 0 Å². The van der Waals surface area contributed by atoms with Gasteiger partial charge in [0.05, 0.1) is 10.6 Å². The number of carbonyl (C=O) groups excluding carboxylic acids is 3. The van der Waals surface area contributed by atoms with Gasteiger partial charge in [-0.25, -0.2) is 4.98 Å². The zero-order valence-corrected chi connectivity index (χ0v) is 19.9. The van der Waals surface area contributed by atoms with E-state index in [0.29, 0.717) is 15.4 Å². The fraction of sp³-hybridized carbons (Fsp3) is 0.120. The van der Waals surface area contributed by atoms with E-state index in [1.165, 1.54) is 22.7 Å². The normalized spacial score (nSPS) is 11.4. The second kappa shape index (κ2) is 10.9. The van der Waals surface area contributed by atoms with Crippen molar-refractivity contribution in [3.8, 4) is 10.6 Å². The van der Waals surface area contributed by atoms with Crippen molar-refractivity contribution in [3.05, 3.63) is 99.2 Å². The number of hydrazine groups is 1. The molecule has 2 aromatic heterocycles. The summed E-state index contributed by atoms with van der Waals surface area (Å²) in [5, 5.41) is 5.28. The lowest BCUT2D eigenvalue weighted by molar-refractivity contribution is -0.123. The number of amides is 3. The zero-order chi connectivity index (χ0) is 23.9. The van der Waals surface area contributed by atoms with Gasteiger partial charge in [-0.3, -0.25) is 25.2 Å². The number of hydrogen-bond acceptors (Lipinski definition) is 6. The molecule has 0 bridgehead atoms. The van der Waals surface area contributed by atoms with Crippen LogP contribution in [-0.2, 0) is 11.2 Å². The number of nitrogens with one attached hydrogen (secondary N) is 3. The monoisotopic (exact) mass is 490 g/mol. The maximum Gasteiger partial charge on any atom is 0.281 e. The molecule has 34 heavy (non-hydrogen) atoms. The molecular formula is C25H22N4O3S2. The molecule has 4 aromatic rings. The van der Waals surface area contributed by atoms with Gasteiger partial charge in [-0.2, -0.15) is 0 Å². The largest absolute Gasteiger partial charge is 0.339 e. The van der Waals surface area contributed by atoms with Crippen molar-refractivity contribution in [1.82, 2.24) is 21.2 Å². The molecule has 0 radical (unpaired) electrons. The smallest absolute Gasteiger partial charge is 0.281 e. The molecule has 0 aliphatic rings. The predicted octanol–water partition coefficient (Wildman–Crippen LogP) is 3.98. The second-order valence-electron chi connectivity index (χ2n) is 7.44. The van der Waals surface area contributed by atoms with Crippen LogP contribution in [-0.4, -0.2) is 28.7 Å². The summed E-state index contributed by atoms with van der Waals surface area (Å²) in [6.07, 6.45) is 0.275. The number of aromatic nitrogens is 1. The van der Waals surface area contributed by atoms with E-state index in [0.717, 1.165) is 16.1 Å². The molecule has 172 valence electrons. The molecule has 2 aromatic carbocycles. The van der Waals surface area contributed by atoms with E-state index in [4.69, 9.17) is 0 Å². The van der Waals surface area contributed by atoms with E-state index >= 15 is 0 Å². The molecule has 0 unspecified atom stereocenters. The molecule has 1 atom stereocenters. The summed E-state index contributed by atoms with van der Waals surface area (Å²) in [5.41, 5.74) is 7.29. The number of nitrogens with zero attached hydrogens (tertiary/aromatic N) is 1. The van der Waals surface area contributed by atoms with Crippen LogP contribution >= 0.6 is 22.7 Å². The van der Waals surface area contributed by atoms with Crippen LogP contribution in [0.5, 0.6) is 0 Å². The van der Waals surface area contributed by atoms with Crippen molar-refractivity contribution in [2.75, 3.05) is 0 Å². The number of aryl methyl sites for hydroxylation is 1. The van der Waals surface area contributed by atoms with Crippen LogP contribution in [0.25, 0.3) is 10.6 Å². The minimum atomic E-state index is -0.875. The highest BCUT2D eigenvalue weighted by Crippen LogP contribution is 2.27. The average Bonchev–Trinajstić information content (AvgIpc) is 3.53. The highest BCUT2D eigenvalue weighted by molar-refractivity contribution is 7.17. The number of benzene rings is 2. The predicted molar refractivity (Wildman–Crippen MR) is 134 cm³/mol. The number of rotatable bonds is 7. The molecule has 0 aliphatic heterocycles. The third-order valence-electron chi connectivity index (χ3n) is 4.97. The molecule has 0 saturated carbocycles. The molecule has 3 N–H and O–H groups in total. The molecule has 0 fully saturated rings. The van der Waals surface area contributed by atoms with Crippen molar-refractivity contribution < 1.29 is 14.4 Å². The fourth-order valence-corrected chi connectivity index (χ4v) is 4.86. The van der Waals surface area contributed by atoms with Crippen LogP contribution in [0.15, 0.2) is 78.2 Å². The van der Waals surface area contributed by atoms with Gasteiger partial charge in [0, 0.05) is 12.0 Å². The fourth-order valence-electron chi connectivity index (χ4n) is 3.27. The minimum Gasteiger partial charge on any atom is -0.339 e. The highest BCUT2D eigenvalue weighted by Gasteiger charge is 2.24. The first-order valence-corrected chi connectivity index (χ1v) is 12.2. The van der Waals surface area contributed by atoms with E-state index in [-0.39, 0.29) is 12.3 Å². The van der Waals surface area contributed by atoms with E-state index in [1.807, 2.05) is 60.7 Å². The SMILES string of the molecule is Cc1nc(-c2ccccc2)sc1C(=O)NNC(=O)[C@H](Cc1ccccc1)NC(=O)c1cccs1. The lowest BCUT2D eigenvalue weighted by Gasteiger charge is -2.18. The van der Waals surface area contributed by atoms with Gasteiger partial charge in [0.2, 0.25) is 0 Å².